The zero-order valence-electron chi connectivity index (χ0n) is 16.8. The second-order valence-electron chi connectivity index (χ2n) is 7.37. The molecule has 1 N–H and O–H groups in total. The number of carboxylic acid groups (broad SMARTS) is 1. The molecule has 2 heterocycles. The Hall–Kier alpha value is -2.67. The van der Waals surface area contributed by atoms with Crippen molar-refractivity contribution in [1.29, 1.82) is 0 Å². The molecule has 0 aliphatic carbocycles. The molecule has 0 atom stereocenters. The number of piperidine rings is 1. The van der Waals surface area contributed by atoms with E-state index in [9.17, 15) is 9.59 Å². The summed E-state index contributed by atoms with van der Waals surface area (Å²) in [6, 6.07) is 9.79. The molecule has 3 rings (SSSR count). The van der Waals surface area contributed by atoms with Gasteiger partial charge in [-0.1, -0.05) is 6.92 Å². The lowest BCUT2D eigenvalue weighted by Gasteiger charge is -2.37. The minimum absolute atomic E-state index is 0.0275. The fourth-order valence-corrected chi connectivity index (χ4v) is 3.93. The number of likely N-dealkylation sites (N-methyl/N-ethyl adjacent to an activating group) is 1. The lowest BCUT2D eigenvalue weighted by molar-refractivity contribution is -0.139. The zero-order valence-corrected chi connectivity index (χ0v) is 16.8. The summed E-state index contributed by atoms with van der Waals surface area (Å²) >= 11 is 0. The van der Waals surface area contributed by atoms with Gasteiger partial charge in [0.1, 0.15) is 0 Å². The topological polar surface area (TPSA) is 78.7 Å². The predicted molar refractivity (Wildman–Crippen MR) is 107 cm³/mol. The van der Waals surface area contributed by atoms with E-state index in [4.69, 9.17) is 5.11 Å². The van der Waals surface area contributed by atoms with Crippen LogP contribution in [0, 0.1) is 13.8 Å². The number of likely N-dealkylation sites (tertiary alicyclic amines) is 1. The van der Waals surface area contributed by atoms with Gasteiger partial charge in [0.2, 0.25) is 0 Å². The molecule has 1 saturated heterocycles. The molecule has 0 spiro atoms. The Labute approximate surface area is 165 Å². The zero-order chi connectivity index (χ0) is 20.3. The van der Waals surface area contributed by atoms with Crippen molar-refractivity contribution in [1.82, 2.24) is 19.6 Å². The molecule has 2 aromatic rings. The molecule has 150 valence electrons. The highest BCUT2D eigenvalue weighted by molar-refractivity contribution is 5.94. The van der Waals surface area contributed by atoms with Crippen LogP contribution >= 0.6 is 0 Å². The monoisotopic (exact) mass is 384 g/mol. The molecule has 7 nitrogen and oxygen atoms in total. The van der Waals surface area contributed by atoms with Crippen LogP contribution in [-0.4, -0.2) is 68.8 Å². The first-order valence-electron chi connectivity index (χ1n) is 9.78. The highest BCUT2D eigenvalue weighted by Gasteiger charge is 2.27. The maximum absolute atomic E-state index is 12.8. The molecular weight excluding hydrogens is 356 g/mol. The molecular formula is C21H28N4O3. The molecule has 1 fully saturated rings. The van der Waals surface area contributed by atoms with Crippen molar-refractivity contribution in [2.24, 2.45) is 0 Å². The summed E-state index contributed by atoms with van der Waals surface area (Å²) in [5, 5.41) is 13.5. The van der Waals surface area contributed by atoms with Crippen molar-refractivity contribution in [3.63, 3.8) is 0 Å². The molecule has 0 bridgehead atoms. The van der Waals surface area contributed by atoms with Crippen LogP contribution in [0.15, 0.2) is 30.3 Å². The molecule has 28 heavy (non-hydrogen) atoms. The Kier molecular flexibility index (Phi) is 6.14. The van der Waals surface area contributed by atoms with Gasteiger partial charge in [0, 0.05) is 30.4 Å². The van der Waals surface area contributed by atoms with Crippen LogP contribution < -0.4 is 0 Å². The number of carbonyl (C=O) groups excluding carboxylic acids is 1. The number of aryl methyl sites for hydroxylation is 2. The molecule has 0 unspecified atom stereocenters. The third-order valence-electron chi connectivity index (χ3n) is 5.38. The van der Waals surface area contributed by atoms with E-state index in [2.05, 4.69) is 5.10 Å². The van der Waals surface area contributed by atoms with Gasteiger partial charge in [-0.15, -0.1) is 0 Å². The first-order valence-corrected chi connectivity index (χ1v) is 9.78. The molecule has 0 radical (unpaired) electrons. The van der Waals surface area contributed by atoms with Gasteiger partial charge in [-0.25, -0.2) is 4.68 Å². The fraction of sp³-hybridized carbons (Fsp3) is 0.476. The van der Waals surface area contributed by atoms with Gasteiger partial charge in [-0.3, -0.25) is 14.5 Å². The van der Waals surface area contributed by atoms with Crippen molar-refractivity contribution in [3.05, 3.63) is 47.3 Å². The number of carbonyl (C=O) groups is 2. The number of hydrogen-bond acceptors (Lipinski definition) is 4. The van der Waals surface area contributed by atoms with Crippen LogP contribution in [-0.2, 0) is 4.79 Å². The summed E-state index contributed by atoms with van der Waals surface area (Å²) in [5.74, 6) is -0.775. The third-order valence-corrected chi connectivity index (χ3v) is 5.38. The molecule has 1 amide bonds. The number of benzene rings is 1. The molecule has 0 saturated carbocycles. The minimum Gasteiger partial charge on any atom is -0.480 e. The van der Waals surface area contributed by atoms with Gasteiger partial charge in [0.15, 0.2) is 0 Å². The van der Waals surface area contributed by atoms with Crippen LogP contribution in [0.25, 0.3) is 5.69 Å². The Morgan fingerprint density at radius 2 is 1.82 bits per heavy atom. The first-order chi connectivity index (χ1) is 13.4. The summed E-state index contributed by atoms with van der Waals surface area (Å²) in [6.45, 7) is 8.01. The van der Waals surface area contributed by atoms with E-state index < -0.39 is 5.97 Å². The number of aromatic nitrogens is 2. The summed E-state index contributed by atoms with van der Waals surface area (Å²) in [5.41, 5.74) is 3.62. The molecule has 1 aliphatic heterocycles. The van der Waals surface area contributed by atoms with E-state index >= 15 is 0 Å². The van der Waals surface area contributed by atoms with Crippen LogP contribution in [0.4, 0.5) is 0 Å². The normalized spacial score (nSPS) is 15.2. The number of rotatable bonds is 6. The van der Waals surface area contributed by atoms with Crippen molar-refractivity contribution >= 4 is 11.9 Å². The summed E-state index contributed by atoms with van der Waals surface area (Å²) in [7, 11) is 0. The minimum atomic E-state index is -0.803. The van der Waals surface area contributed by atoms with Crippen LogP contribution in [0.2, 0.25) is 0 Å². The highest BCUT2D eigenvalue weighted by atomic mass is 16.4. The maximum atomic E-state index is 12.8. The van der Waals surface area contributed by atoms with Gasteiger partial charge in [0.25, 0.3) is 5.91 Å². The number of carboxylic acids is 1. The van der Waals surface area contributed by atoms with E-state index in [1.54, 1.807) is 0 Å². The smallest absolute Gasteiger partial charge is 0.317 e. The number of amides is 1. The second kappa shape index (κ2) is 8.56. The first kappa shape index (κ1) is 20.1. The quantitative estimate of drug-likeness (QED) is 0.828. The lowest BCUT2D eigenvalue weighted by Crippen LogP contribution is -2.48. The lowest BCUT2D eigenvalue weighted by atomic mass is 10.0. The molecule has 1 aromatic carbocycles. The summed E-state index contributed by atoms with van der Waals surface area (Å²) in [6.07, 6.45) is 1.60. The molecule has 1 aliphatic rings. The molecule has 7 heteroatoms. The van der Waals surface area contributed by atoms with Crippen molar-refractivity contribution in [3.8, 4) is 5.69 Å². The van der Waals surface area contributed by atoms with E-state index in [0.29, 0.717) is 25.2 Å². The third kappa shape index (κ3) is 4.42. The van der Waals surface area contributed by atoms with Crippen molar-refractivity contribution < 1.29 is 14.7 Å². The summed E-state index contributed by atoms with van der Waals surface area (Å²) < 4.78 is 1.87. The predicted octanol–water partition coefficient (Wildman–Crippen LogP) is 2.50. The van der Waals surface area contributed by atoms with Crippen LogP contribution in [0.3, 0.4) is 0 Å². The van der Waals surface area contributed by atoms with Crippen molar-refractivity contribution in [2.75, 3.05) is 26.2 Å². The average Bonchev–Trinajstić information content (AvgIpc) is 3.03. The van der Waals surface area contributed by atoms with Gasteiger partial charge >= 0.3 is 5.97 Å². The maximum Gasteiger partial charge on any atom is 0.317 e. The second-order valence-corrected chi connectivity index (χ2v) is 7.37. The fourth-order valence-electron chi connectivity index (χ4n) is 3.93. The average molecular weight is 384 g/mol. The Morgan fingerprint density at radius 1 is 1.18 bits per heavy atom. The summed E-state index contributed by atoms with van der Waals surface area (Å²) in [4.78, 5) is 27.7. The van der Waals surface area contributed by atoms with E-state index in [0.717, 1.165) is 29.9 Å². The van der Waals surface area contributed by atoms with Gasteiger partial charge < -0.3 is 10.0 Å². The van der Waals surface area contributed by atoms with Crippen LogP contribution in [0.1, 0.15) is 41.5 Å². The van der Waals surface area contributed by atoms with Gasteiger partial charge in [-0.2, -0.15) is 5.10 Å². The highest BCUT2D eigenvalue weighted by Crippen LogP contribution is 2.19. The van der Waals surface area contributed by atoms with E-state index in [-0.39, 0.29) is 18.5 Å². The Balaban J connectivity index is 1.62. The van der Waals surface area contributed by atoms with E-state index in [1.165, 1.54) is 0 Å². The number of aliphatic carboxylic acids is 1. The largest absolute Gasteiger partial charge is 0.480 e. The number of nitrogens with zero attached hydrogens (tertiary/aromatic N) is 4. The number of hydrogen-bond donors (Lipinski definition) is 1. The van der Waals surface area contributed by atoms with E-state index in [1.807, 2.05) is 65.6 Å². The Morgan fingerprint density at radius 3 is 2.32 bits per heavy atom. The Bertz CT molecular complexity index is 836. The molecule has 1 aromatic heterocycles. The standard InChI is InChI=1S/C21H28N4O3/c1-4-23(14-20(26)27)18-9-11-24(12-10-18)21(28)17-5-7-19(8-6-17)25-16(3)13-15(2)22-25/h5-8,13,18H,4,9-12,14H2,1-3H3,(H,26,27). The van der Waals surface area contributed by atoms with Crippen molar-refractivity contribution in [2.45, 2.75) is 39.7 Å². The van der Waals surface area contributed by atoms with Gasteiger partial charge in [-0.05, 0) is 63.6 Å². The SMILES string of the molecule is CCN(CC(=O)O)C1CCN(C(=O)c2ccc(-n3nc(C)cc3C)cc2)CC1. The van der Waals surface area contributed by atoms with Crippen LogP contribution in [0.5, 0.6) is 0 Å². The van der Waals surface area contributed by atoms with Gasteiger partial charge in [0.05, 0.1) is 17.9 Å².